The van der Waals surface area contributed by atoms with Crippen LogP contribution in [0.1, 0.15) is 56.9 Å². The standard InChI is InChI=1S/C31H31F3N6O3S/c1-5-8-22-27-28(39(4)38-22)30(42)37-29(36-27)20-14-19(11-12-24(20)43-7-3)44-25-15-26(41)40(23(25)6-2)18-10-9-17(16-35)21(13-18)31(32,33)34/h9-14,23,25H,5-8,15H2,1-4H3,(H,36,37,42). The highest BCUT2D eigenvalue weighted by molar-refractivity contribution is 8.00. The van der Waals surface area contributed by atoms with Crippen molar-refractivity contribution in [2.75, 3.05) is 11.5 Å². The molecule has 0 spiro atoms. The quantitative estimate of drug-likeness (QED) is 0.234. The summed E-state index contributed by atoms with van der Waals surface area (Å²) in [5, 5.41) is 13.4. The number of aryl methyl sites for hydroxylation is 2. The van der Waals surface area contributed by atoms with Crippen LogP contribution in [0.3, 0.4) is 0 Å². The number of nitrogens with zero attached hydrogens (tertiary/aromatic N) is 5. The van der Waals surface area contributed by atoms with Gasteiger partial charge in [0.1, 0.15) is 17.1 Å². The molecule has 0 aliphatic carbocycles. The zero-order chi connectivity index (χ0) is 31.8. The molecular formula is C31H31F3N6O3S. The molecular weight excluding hydrogens is 593 g/mol. The average Bonchev–Trinajstić information content (AvgIpc) is 3.48. The Kier molecular flexibility index (Phi) is 8.74. The smallest absolute Gasteiger partial charge is 0.417 e. The van der Waals surface area contributed by atoms with Crippen molar-refractivity contribution in [3.63, 3.8) is 0 Å². The van der Waals surface area contributed by atoms with Crippen molar-refractivity contribution in [2.45, 2.75) is 68.8 Å². The molecule has 230 valence electrons. The molecule has 5 rings (SSSR count). The number of anilines is 1. The Bertz CT molecular complexity index is 1830. The van der Waals surface area contributed by atoms with E-state index < -0.39 is 23.3 Å². The summed E-state index contributed by atoms with van der Waals surface area (Å²) in [6.07, 6.45) is -2.62. The number of H-pyrrole nitrogens is 1. The number of nitriles is 1. The molecule has 44 heavy (non-hydrogen) atoms. The highest BCUT2D eigenvalue weighted by Gasteiger charge is 2.42. The summed E-state index contributed by atoms with van der Waals surface area (Å²) in [7, 11) is 1.71. The lowest BCUT2D eigenvalue weighted by molar-refractivity contribution is -0.137. The van der Waals surface area contributed by atoms with Crippen molar-refractivity contribution in [3.8, 4) is 23.2 Å². The van der Waals surface area contributed by atoms with Crippen LogP contribution < -0.4 is 15.2 Å². The van der Waals surface area contributed by atoms with E-state index in [9.17, 15) is 28.0 Å². The first-order valence-corrected chi connectivity index (χ1v) is 15.2. The number of halogens is 3. The number of rotatable bonds is 9. The van der Waals surface area contributed by atoms with Gasteiger partial charge in [-0.15, -0.1) is 11.8 Å². The van der Waals surface area contributed by atoms with Crippen LogP contribution in [0.4, 0.5) is 18.9 Å². The molecule has 1 aliphatic rings. The third kappa shape index (κ3) is 5.78. The van der Waals surface area contributed by atoms with Crippen LogP contribution >= 0.6 is 11.8 Å². The Labute approximate surface area is 256 Å². The normalized spacial score (nSPS) is 17.0. The zero-order valence-corrected chi connectivity index (χ0v) is 25.5. The Morgan fingerprint density at radius 1 is 1.16 bits per heavy atom. The molecule has 13 heteroatoms. The summed E-state index contributed by atoms with van der Waals surface area (Å²) in [6, 6.07) is 10.1. The first kappa shape index (κ1) is 31.1. The molecule has 2 atom stereocenters. The van der Waals surface area contributed by atoms with E-state index in [1.165, 1.54) is 27.4 Å². The van der Waals surface area contributed by atoms with Crippen LogP contribution in [0, 0.1) is 11.3 Å². The molecule has 0 saturated carbocycles. The van der Waals surface area contributed by atoms with Gasteiger partial charge in [-0.3, -0.25) is 14.3 Å². The minimum atomic E-state index is -4.73. The van der Waals surface area contributed by atoms with Crippen LogP contribution in [-0.4, -0.2) is 43.6 Å². The van der Waals surface area contributed by atoms with Crippen molar-refractivity contribution >= 4 is 34.4 Å². The van der Waals surface area contributed by atoms with E-state index >= 15 is 0 Å². The number of benzene rings is 2. The molecule has 1 amide bonds. The van der Waals surface area contributed by atoms with Crippen molar-refractivity contribution in [3.05, 3.63) is 63.6 Å². The number of thioether (sulfide) groups is 1. The predicted molar refractivity (Wildman–Crippen MR) is 162 cm³/mol. The van der Waals surface area contributed by atoms with E-state index in [0.717, 1.165) is 29.1 Å². The molecule has 2 aromatic heterocycles. The van der Waals surface area contributed by atoms with Crippen molar-refractivity contribution < 1.29 is 22.7 Å². The highest BCUT2D eigenvalue weighted by Crippen LogP contribution is 2.42. The largest absolute Gasteiger partial charge is 0.493 e. The first-order valence-electron chi connectivity index (χ1n) is 14.3. The fourth-order valence-electron chi connectivity index (χ4n) is 5.68. The number of aromatic amines is 1. The average molecular weight is 625 g/mol. The fraction of sp³-hybridized carbons (Fsp3) is 0.387. The monoisotopic (exact) mass is 624 g/mol. The molecule has 0 bridgehead atoms. The Morgan fingerprint density at radius 3 is 2.59 bits per heavy atom. The first-order chi connectivity index (χ1) is 21.0. The van der Waals surface area contributed by atoms with E-state index in [0.29, 0.717) is 47.6 Å². The van der Waals surface area contributed by atoms with Gasteiger partial charge < -0.3 is 14.6 Å². The number of alkyl halides is 3. The lowest BCUT2D eigenvalue weighted by Crippen LogP contribution is -2.36. The van der Waals surface area contributed by atoms with Gasteiger partial charge in [0.2, 0.25) is 5.91 Å². The maximum absolute atomic E-state index is 13.7. The Hall–Kier alpha value is -4.31. The van der Waals surface area contributed by atoms with Gasteiger partial charge in [-0.2, -0.15) is 23.5 Å². The number of carbonyl (C=O) groups is 1. The lowest BCUT2D eigenvalue weighted by atomic mass is 10.1. The van der Waals surface area contributed by atoms with Crippen LogP contribution in [-0.2, 0) is 24.4 Å². The van der Waals surface area contributed by atoms with E-state index in [2.05, 4.69) is 10.1 Å². The maximum Gasteiger partial charge on any atom is 0.417 e. The fourth-order valence-corrected chi connectivity index (χ4v) is 7.06. The lowest BCUT2D eigenvalue weighted by Gasteiger charge is -2.28. The van der Waals surface area contributed by atoms with E-state index in [1.807, 2.05) is 32.9 Å². The molecule has 9 nitrogen and oxygen atoms in total. The number of fused-ring (bicyclic) bond motifs is 1. The Morgan fingerprint density at radius 2 is 1.93 bits per heavy atom. The predicted octanol–water partition coefficient (Wildman–Crippen LogP) is 6.24. The van der Waals surface area contributed by atoms with Crippen LogP contribution in [0.5, 0.6) is 5.75 Å². The van der Waals surface area contributed by atoms with E-state index in [-0.39, 0.29) is 28.8 Å². The minimum absolute atomic E-state index is 0.109. The summed E-state index contributed by atoms with van der Waals surface area (Å²) in [5.74, 6) is 0.552. The molecule has 4 aromatic rings. The number of aromatic nitrogens is 4. The van der Waals surface area contributed by atoms with E-state index in [1.54, 1.807) is 19.2 Å². The molecule has 1 fully saturated rings. The third-order valence-electron chi connectivity index (χ3n) is 7.57. The number of hydrogen-bond donors (Lipinski definition) is 1. The van der Waals surface area contributed by atoms with Crippen molar-refractivity contribution in [1.29, 1.82) is 5.26 Å². The van der Waals surface area contributed by atoms with Gasteiger partial charge in [-0.05, 0) is 56.2 Å². The second kappa shape index (κ2) is 12.4. The van der Waals surface area contributed by atoms with Gasteiger partial charge in [-0.25, -0.2) is 4.98 Å². The minimum Gasteiger partial charge on any atom is -0.493 e. The number of hydrogen-bond acceptors (Lipinski definition) is 7. The maximum atomic E-state index is 13.7. The van der Waals surface area contributed by atoms with Gasteiger partial charge in [0.25, 0.3) is 5.56 Å². The molecule has 1 saturated heterocycles. The molecule has 2 unspecified atom stereocenters. The summed E-state index contributed by atoms with van der Waals surface area (Å²) < 4.78 is 48.4. The third-order valence-corrected chi connectivity index (χ3v) is 8.88. The Balaban J connectivity index is 1.51. The van der Waals surface area contributed by atoms with Crippen molar-refractivity contribution in [2.24, 2.45) is 7.05 Å². The van der Waals surface area contributed by atoms with Gasteiger partial charge in [0.05, 0.1) is 35.1 Å². The molecule has 2 aromatic carbocycles. The van der Waals surface area contributed by atoms with Gasteiger partial charge in [0, 0.05) is 35.3 Å². The number of nitrogens with one attached hydrogen (secondary N) is 1. The van der Waals surface area contributed by atoms with Gasteiger partial charge >= 0.3 is 6.18 Å². The number of carbonyl (C=O) groups excluding carboxylic acids is 1. The van der Waals surface area contributed by atoms with Crippen molar-refractivity contribution in [1.82, 2.24) is 19.7 Å². The van der Waals surface area contributed by atoms with Gasteiger partial charge in [-0.1, -0.05) is 20.3 Å². The summed E-state index contributed by atoms with van der Waals surface area (Å²) in [6.45, 7) is 6.14. The zero-order valence-electron chi connectivity index (χ0n) is 24.7. The van der Waals surface area contributed by atoms with Crippen LogP contribution in [0.2, 0.25) is 0 Å². The summed E-state index contributed by atoms with van der Waals surface area (Å²) in [4.78, 5) is 36.2. The summed E-state index contributed by atoms with van der Waals surface area (Å²) >= 11 is 1.43. The SMILES string of the molecule is CCCc1nn(C)c2c(=O)[nH]c(-c3cc(SC4CC(=O)N(c5ccc(C#N)c(C(F)(F)F)c5)C4CC)ccc3OCC)nc12. The van der Waals surface area contributed by atoms with Crippen LogP contribution in [0.25, 0.3) is 22.4 Å². The second-order valence-corrected chi connectivity index (χ2v) is 11.8. The molecule has 1 aliphatic heterocycles. The number of amides is 1. The molecule has 0 radical (unpaired) electrons. The molecule has 3 heterocycles. The van der Waals surface area contributed by atoms with E-state index in [4.69, 9.17) is 9.72 Å². The number of ether oxygens (including phenoxy) is 1. The van der Waals surface area contributed by atoms with Gasteiger partial charge in [0.15, 0.2) is 5.52 Å². The highest BCUT2D eigenvalue weighted by atomic mass is 32.2. The topological polar surface area (TPSA) is 117 Å². The molecule has 1 N–H and O–H groups in total. The van der Waals surface area contributed by atoms with Crippen LogP contribution in [0.15, 0.2) is 46.1 Å². The summed E-state index contributed by atoms with van der Waals surface area (Å²) in [5.41, 5.74) is 0.425. The second-order valence-electron chi connectivity index (χ2n) is 10.5.